The van der Waals surface area contributed by atoms with Crippen LogP contribution in [0.15, 0.2) is 88.1 Å². The first-order valence-electron chi connectivity index (χ1n) is 10.5. The molecular weight excluding hydrogens is 488 g/mol. The van der Waals surface area contributed by atoms with Gasteiger partial charge in [0, 0.05) is 17.9 Å². The number of fused-ring (bicyclic) bond motifs is 1. The third kappa shape index (κ3) is 4.70. The predicted molar refractivity (Wildman–Crippen MR) is 135 cm³/mol. The Morgan fingerprint density at radius 2 is 1.79 bits per heavy atom. The molecule has 0 fully saturated rings. The molecule has 0 spiro atoms. The molecule has 7 nitrogen and oxygen atoms in total. The van der Waals surface area contributed by atoms with Crippen LogP contribution in [0.1, 0.15) is 21.5 Å². The van der Waals surface area contributed by atoms with Crippen molar-refractivity contribution in [3.63, 3.8) is 0 Å². The standard InChI is InChI=1S/C24H20N4O3S3/c29-22(25-23-26-27-24(33-23)32-16-17-7-2-1-3-8-17)19-10-6-11-20(15-19)34(30,31)28-14-13-18-9-4-5-12-21(18)28/h1-12,15H,13-14,16H2,(H,25,26,29). The van der Waals surface area contributed by atoms with E-state index in [-0.39, 0.29) is 10.5 Å². The molecule has 172 valence electrons. The number of benzene rings is 3. The van der Waals surface area contributed by atoms with Gasteiger partial charge in [-0.1, -0.05) is 77.7 Å². The Morgan fingerprint density at radius 1 is 1.00 bits per heavy atom. The maximum atomic E-state index is 13.3. The van der Waals surface area contributed by atoms with Gasteiger partial charge >= 0.3 is 0 Å². The molecule has 0 atom stereocenters. The number of hydrogen-bond acceptors (Lipinski definition) is 7. The van der Waals surface area contributed by atoms with Gasteiger partial charge in [0.1, 0.15) is 0 Å². The van der Waals surface area contributed by atoms with Gasteiger partial charge in [0.05, 0.1) is 10.6 Å². The Balaban J connectivity index is 1.28. The summed E-state index contributed by atoms with van der Waals surface area (Å²) in [5, 5.41) is 11.3. The monoisotopic (exact) mass is 508 g/mol. The lowest BCUT2D eigenvalue weighted by Crippen LogP contribution is -2.29. The van der Waals surface area contributed by atoms with Gasteiger partial charge < -0.3 is 0 Å². The SMILES string of the molecule is O=C(Nc1nnc(SCc2ccccc2)s1)c1cccc(S(=O)(=O)N2CCc3ccccc32)c1. The summed E-state index contributed by atoms with van der Waals surface area (Å²) in [5.74, 6) is 0.317. The van der Waals surface area contributed by atoms with Crippen LogP contribution in [-0.4, -0.2) is 31.1 Å². The molecule has 1 amide bonds. The van der Waals surface area contributed by atoms with Crippen molar-refractivity contribution in [2.24, 2.45) is 0 Å². The van der Waals surface area contributed by atoms with E-state index in [0.717, 1.165) is 15.7 Å². The highest BCUT2D eigenvalue weighted by atomic mass is 32.2. The zero-order chi connectivity index (χ0) is 23.5. The van der Waals surface area contributed by atoms with Crippen LogP contribution in [0.25, 0.3) is 0 Å². The number of rotatable bonds is 7. The summed E-state index contributed by atoms with van der Waals surface area (Å²) in [6.07, 6.45) is 0.664. The smallest absolute Gasteiger partial charge is 0.264 e. The predicted octanol–water partition coefficient (Wildman–Crippen LogP) is 4.83. The molecule has 2 heterocycles. The van der Waals surface area contributed by atoms with E-state index >= 15 is 0 Å². The quantitative estimate of drug-likeness (QED) is 0.284. The summed E-state index contributed by atoms with van der Waals surface area (Å²) in [5.41, 5.74) is 3.10. The summed E-state index contributed by atoms with van der Waals surface area (Å²) in [7, 11) is -3.79. The molecular formula is C24H20N4O3S3. The number of sulfonamides is 1. The van der Waals surface area contributed by atoms with E-state index in [2.05, 4.69) is 15.5 Å². The maximum absolute atomic E-state index is 13.3. The van der Waals surface area contributed by atoms with E-state index in [9.17, 15) is 13.2 Å². The van der Waals surface area contributed by atoms with Crippen LogP contribution in [0.4, 0.5) is 10.8 Å². The molecule has 0 radical (unpaired) electrons. The Kier molecular flexibility index (Phi) is 6.36. The maximum Gasteiger partial charge on any atom is 0.264 e. The van der Waals surface area contributed by atoms with Crippen molar-refractivity contribution in [1.82, 2.24) is 10.2 Å². The van der Waals surface area contributed by atoms with Crippen molar-refractivity contribution in [2.45, 2.75) is 21.4 Å². The molecule has 0 bridgehead atoms. The Bertz CT molecular complexity index is 1440. The van der Waals surface area contributed by atoms with E-state index in [1.807, 2.05) is 48.5 Å². The number of anilines is 2. The van der Waals surface area contributed by atoms with E-state index in [1.54, 1.807) is 30.0 Å². The summed E-state index contributed by atoms with van der Waals surface area (Å²) >= 11 is 2.82. The molecule has 1 aromatic heterocycles. The average Bonchev–Trinajstić information content (AvgIpc) is 3.51. The summed E-state index contributed by atoms with van der Waals surface area (Å²) < 4.78 is 28.7. The minimum absolute atomic E-state index is 0.0771. The van der Waals surface area contributed by atoms with Crippen LogP contribution in [0.2, 0.25) is 0 Å². The number of hydrogen-bond donors (Lipinski definition) is 1. The van der Waals surface area contributed by atoms with Crippen molar-refractivity contribution in [2.75, 3.05) is 16.2 Å². The fraction of sp³-hybridized carbons (Fsp3) is 0.125. The number of aromatic nitrogens is 2. The second-order valence-corrected chi connectivity index (χ2v) is 11.6. The number of nitrogens with one attached hydrogen (secondary N) is 1. The summed E-state index contributed by atoms with van der Waals surface area (Å²) in [6, 6.07) is 23.6. The molecule has 5 rings (SSSR count). The van der Waals surface area contributed by atoms with Crippen LogP contribution in [-0.2, 0) is 22.2 Å². The fourth-order valence-corrected chi connectivity index (χ4v) is 6.94. The van der Waals surface area contributed by atoms with E-state index in [0.29, 0.717) is 23.8 Å². The molecule has 0 saturated carbocycles. The lowest BCUT2D eigenvalue weighted by atomic mass is 10.2. The lowest BCUT2D eigenvalue weighted by Gasteiger charge is -2.19. The molecule has 34 heavy (non-hydrogen) atoms. The van der Waals surface area contributed by atoms with Gasteiger partial charge in [-0.05, 0) is 41.8 Å². The number of nitrogens with zero attached hydrogens (tertiary/aromatic N) is 3. The topological polar surface area (TPSA) is 92.3 Å². The average molecular weight is 509 g/mol. The minimum atomic E-state index is -3.79. The van der Waals surface area contributed by atoms with Crippen LogP contribution in [0.3, 0.4) is 0 Å². The second-order valence-electron chi connectivity index (χ2n) is 7.59. The first-order chi connectivity index (χ1) is 16.5. The van der Waals surface area contributed by atoms with Crippen LogP contribution in [0, 0.1) is 0 Å². The highest BCUT2D eigenvalue weighted by Crippen LogP contribution is 2.33. The Morgan fingerprint density at radius 3 is 2.65 bits per heavy atom. The first kappa shape index (κ1) is 22.6. The number of thioether (sulfide) groups is 1. The van der Waals surface area contributed by atoms with Crippen molar-refractivity contribution in [3.8, 4) is 0 Å². The van der Waals surface area contributed by atoms with Crippen LogP contribution in [0.5, 0.6) is 0 Å². The molecule has 0 unspecified atom stereocenters. The zero-order valence-corrected chi connectivity index (χ0v) is 20.4. The van der Waals surface area contributed by atoms with Gasteiger partial charge in [0.25, 0.3) is 15.9 Å². The number of carbonyl (C=O) groups is 1. The van der Waals surface area contributed by atoms with Crippen molar-refractivity contribution < 1.29 is 13.2 Å². The van der Waals surface area contributed by atoms with Gasteiger partial charge in [-0.3, -0.25) is 14.4 Å². The third-order valence-corrected chi connectivity index (χ3v) is 9.21. The molecule has 10 heteroatoms. The lowest BCUT2D eigenvalue weighted by molar-refractivity contribution is 0.102. The van der Waals surface area contributed by atoms with Gasteiger partial charge in [-0.15, -0.1) is 10.2 Å². The van der Waals surface area contributed by atoms with Gasteiger partial charge in [-0.25, -0.2) is 8.42 Å². The third-order valence-electron chi connectivity index (χ3n) is 5.36. The molecule has 0 aliphatic carbocycles. The number of carbonyl (C=O) groups excluding carboxylic acids is 1. The van der Waals surface area contributed by atoms with Crippen LogP contribution >= 0.6 is 23.1 Å². The molecule has 1 aliphatic rings. The molecule has 1 aliphatic heterocycles. The number of amides is 1. The van der Waals surface area contributed by atoms with Crippen molar-refractivity contribution in [1.29, 1.82) is 0 Å². The van der Waals surface area contributed by atoms with E-state index in [4.69, 9.17) is 0 Å². The number of para-hydroxylation sites is 1. The molecule has 3 aromatic carbocycles. The van der Waals surface area contributed by atoms with Crippen molar-refractivity contribution >= 4 is 49.8 Å². The molecule has 0 saturated heterocycles. The minimum Gasteiger partial charge on any atom is -0.296 e. The summed E-state index contributed by atoms with van der Waals surface area (Å²) in [4.78, 5) is 12.9. The van der Waals surface area contributed by atoms with E-state index in [1.165, 1.54) is 33.3 Å². The Labute approximate surface area is 205 Å². The zero-order valence-electron chi connectivity index (χ0n) is 17.9. The largest absolute Gasteiger partial charge is 0.296 e. The summed E-state index contributed by atoms with van der Waals surface area (Å²) in [6.45, 7) is 0.381. The van der Waals surface area contributed by atoms with E-state index < -0.39 is 15.9 Å². The Hall–Kier alpha value is -3.21. The van der Waals surface area contributed by atoms with Gasteiger partial charge in [-0.2, -0.15) is 0 Å². The highest BCUT2D eigenvalue weighted by Gasteiger charge is 2.31. The molecule has 4 aromatic rings. The first-order valence-corrected chi connectivity index (χ1v) is 13.8. The molecule has 1 N–H and O–H groups in total. The van der Waals surface area contributed by atoms with Crippen molar-refractivity contribution in [3.05, 3.63) is 95.6 Å². The fourth-order valence-electron chi connectivity index (χ4n) is 3.69. The van der Waals surface area contributed by atoms with Crippen LogP contribution < -0.4 is 9.62 Å². The van der Waals surface area contributed by atoms with Gasteiger partial charge in [0.2, 0.25) is 5.13 Å². The van der Waals surface area contributed by atoms with Gasteiger partial charge in [0.15, 0.2) is 4.34 Å². The second kappa shape index (κ2) is 9.57. The highest BCUT2D eigenvalue weighted by molar-refractivity contribution is 8.00. The normalized spacial score (nSPS) is 13.0.